The molecule has 1 spiro atoms. The molecule has 40 heavy (non-hydrogen) atoms. The summed E-state index contributed by atoms with van der Waals surface area (Å²) in [6.45, 7) is 0. The van der Waals surface area contributed by atoms with Gasteiger partial charge >= 0.3 is 0 Å². The summed E-state index contributed by atoms with van der Waals surface area (Å²) >= 11 is 3.68. The summed E-state index contributed by atoms with van der Waals surface area (Å²) in [5.74, 6) is 0.604. The van der Waals surface area contributed by atoms with Crippen LogP contribution in [-0.4, -0.2) is 0 Å². The number of hydrogen-bond acceptors (Lipinski definition) is 2. The van der Waals surface area contributed by atoms with Crippen LogP contribution in [0.15, 0.2) is 113 Å². The zero-order valence-electron chi connectivity index (χ0n) is 22.9. The van der Waals surface area contributed by atoms with Gasteiger partial charge in [0.25, 0.3) is 0 Å². The normalized spacial score (nSPS) is 21.2. The molecule has 0 amide bonds. The number of allylic oxidation sites excluding steroid dienone is 8. The largest absolute Gasteiger partial charge is 0.144 e. The number of thiophene rings is 2. The van der Waals surface area contributed by atoms with Crippen molar-refractivity contribution in [3.63, 3.8) is 0 Å². The van der Waals surface area contributed by atoms with Crippen molar-refractivity contribution < 1.29 is 0 Å². The van der Waals surface area contributed by atoms with Crippen LogP contribution in [0.4, 0.5) is 0 Å². The predicted molar refractivity (Wildman–Crippen MR) is 174 cm³/mol. The van der Waals surface area contributed by atoms with E-state index in [1.807, 2.05) is 22.7 Å². The van der Waals surface area contributed by atoms with Crippen LogP contribution < -0.4 is 0 Å². The molecule has 0 N–H and O–H groups in total. The van der Waals surface area contributed by atoms with Crippen molar-refractivity contribution in [3.05, 3.63) is 129 Å². The molecular weight excluding hydrogens is 521 g/mol. The molecular formula is C38H34S2. The molecule has 2 aromatic heterocycles. The Labute approximate surface area is 246 Å². The second-order valence-electron chi connectivity index (χ2n) is 12.0. The molecule has 0 bridgehead atoms. The highest BCUT2D eigenvalue weighted by molar-refractivity contribution is 7.13. The highest BCUT2D eigenvalue weighted by Crippen LogP contribution is 2.61. The summed E-state index contributed by atoms with van der Waals surface area (Å²) < 4.78 is 0. The van der Waals surface area contributed by atoms with Gasteiger partial charge in [0.2, 0.25) is 0 Å². The van der Waals surface area contributed by atoms with E-state index in [9.17, 15) is 0 Å². The fourth-order valence-electron chi connectivity index (χ4n) is 7.95. The molecule has 1 unspecified atom stereocenters. The Kier molecular flexibility index (Phi) is 6.15. The summed E-state index contributed by atoms with van der Waals surface area (Å²) in [7, 11) is 0. The lowest BCUT2D eigenvalue weighted by Crippen LogP contribution is -2.34. The molecule has 2 aromatic carbocycles. The van der Waals surface area contributed by atoms with Crippen LogP contribution in [0.3, 0.4) is 0 Å². The van der Waals surface area contributed by atoms with Gasteiger partial charge in [-0.1, -0.05) is 86.0 Å². The van der Waals surface area contributed by atoms with Gasteiger partial charge < -0.3 is 0 Å². The van der Waals surface area contributed by atoms with E-state index in [0.717, 1.165) is 6.42 Å². The fraction of sp³-hybridized carbons (Fsp3) is 0.263. The molecule has 4 aromatic rings. The van der Waals surface area contributed by atoms with Crippen molar-refractivity contribution in [1.82, 2.24) is 0 Å². The van der Waals surface area contributed by atoms with Gasteiger partial charge in [0.15, 0.2) is 0 Å². The number of fused-ring (bicyclic) bond motifs is 5. The van der Waals surface area contributed by atoms with Crippen LogP contribution in [0.2, 0.25) is 0 Å². The monoisotopic (exact) mass is 554 g/mol. The third-order valence-corrected chi connectivity index (χ3v) is 11.7. The van der Waals surface area contributed by atoms with Gasteiger partial charge in [-0.3, -0.25) is 0 Å². The van der Waals surface area contributed by atoms with E-state index in [-0.39, 0.29) is 5.41 Å². The first-order valence-electron chi connectivity index (χ1n) is 14.9. The van der Waals surface area contributed by atoms with Gasteiger partial charge in [-0.25, -0.2) is 0 Å². The highest BCUT2D eigenvalue weighted by Gasteiger charge is 2.50. The molecule has 0 radical (unpaired) electrons. The third-order valence-electron chi connectivity index (χ3n) is 9.87. The van der Waals surface area contributed by atoms with Crippen LogP contribution in [0, 0.1) is 5.92 Å². The first kappa shape index (κ1) is 24.6. The van der Waals surface area contributed by atoms with Gasteiger partial charge in [0.05, 0.1) is 0 Å². The van der Waals surface area contributed by atoms with Crippen LogP contribution >= 0.6 is 22.7 Å². The minimum atomic E-state index is 0.280. The minimum absolute atomic E-state index is 0.280. The maximum atomic E-state index is 2.59. The molecule has 0 nitrogen and oxygen atoms in total. The van der Waals surface area contributed by atoms with Gasteiger partial charge in [-0.15, -0.1) is 22.7 Å². The maximum Gasteiger partial charge on any atom is 0.0342 e. The molecule has 4 aliphatic carbocycles. The van der Waals surface area contributed by atoms with E-state index >= 15 is 0 Å². The predicted octanol–water partition coefficient (Wildman–Crippen LogP) is 11.5. The van der Waals surface area contributed by atoms with Crippen LogP contribution in [0.5, 0.6) is 0 Å². The van der Waals surface area contributed by atoms with Gasteiger partial charge in [0, 0.05) is 15.2 Å². The number of hydrogen-bond donors (Lipinski definition) is 0. The minimum Gasteiger partial charge on any atom is -0.144 e. The first-order chi connectivity index (χ1) is 19.8. The fourth-order valence-corrected chi connectivity index (χ4v) is 9.42. The van der Waals surface area contributed by atoms with Gasteiger partial charge in [-0.05, 0) is 123 Å². The number of benzene rings is 2. The Morgan fingerprint density at radius 1 is 0.700 bits per heavy atom. The molecule has 198 valence electrons. The summed E-state index contributed by atoms with van der Waals surface area (Å²) in [5, 5.41) is 4.37. The smallest absolute Gasteiger partial charge is 0.0342 e. The van der Waals surface area contributed by atoms with E-state index in [1.54, 1.807) is 22.3 Å². The van der Waals surface area contributed by atoms with Crippen molar-refractivity contribution in [1.29, 1.82) is 0 Å². The van der Waals surface area contributed by atoms with Crippen molar-refractivity contribution >= 4 is 33.8 Å². The zero-order chi connectivity index (χ0) is 26.5. The summed E-state index contributed by atoms with van der Waals surface area (Å²) in [5.41, 5.74) is 13.6. The van der Waals surface area contributed by atoms with E-state index in [0.29, 0.717) is 5.92 Å². The molecule has 0 aliphatic heterocycles. The molecule has 2 heterocycles. The zero-order valence-corrected chi connectivity index (χ0v) is 24.5. The Morgan fingerprint density at radius 3 is 2.33 bits per heavy atom. The summed E-state index contributed by atoms with van der Waals surface area (Å²) in [4.78, 5) is 2.74. The highest BCUT2D eigenvalue weighted by atomic mass is 32.1. The van der Waals surface area contributed by atoms with Crippen molar-refractivity contribution in [2.45, 2.75) is 56.8 Å². The van der Waals surface area contributed by atoms with E-state index in [4.69, 9.17) is 0 Å². The van der Waals surface area contributed by atoms with Gasteiger partial charge in [0.1, 0.15) is 0 Å². The molecule has 1 atom stereocenters. The van der Waals surface area contributed by atoms with Crippen LogP contribution in [-0.2, 0) is 5.41 Å². The molecule has 1 fully saturated rings. The second-order valence-corrected chi connectivity index (χ2v) is 13.8. The molecule has 2 heteroatoms. The first-order valence-corrected chi connectivity index (χ1v) is 16.7. The van der Waals surface area contributed by atoms with Crippen molar-refractivity contribution in [2.75, 3.05) is 0 Å². The molecule has 8 rings (SSSR count). The lowest BCUT2D eigenvalue weighted by atomic mass is 9.62. The summed E-state index contributed by atoms with van der Waals surface area (Å²) in [6.07, 6.45) is 20.2. The van der Waals surface area contributed by atoms with Crippen LogP contribution in [0.25, 0.3) is 32.7 Å². The Hall–Kier alpha value is -3.20. The Bertz CT molecular complexity index is 1680. The molecule has 4 aliphatic rings. The Morgan fingerprint density at radius 2 is 1.50 bits per heavy atom. The average Bonchev–Trinajstić information content (AvgIpc) is 3.80. The number of rotatable bonds is 4. The van der Waals surface area contributed by atoms with Crippen molar-refractivity contribution in [2.24, 2.45) is 5.92 Å². The topological polar surface area (TPSA) is 0 Å². The lowest BCUT2D eigenvalue weighted by Gasteiger charge is -2.42. The second kappa shape index (κ2) is 10.0. The van der Waals surface area contributed by atoms with E-state index < -0.39 is 0 Å². The molecule has 0 saturated heterocycles. The quantitative estimate of drug-likeness (QED) is 0.235. The average molecular weight is 555 g/mol. The van der Waals surface area contributed by atoms with E-state index in [1.165, 1.54) is 82.5 Å². The maximum absolute atomic E-state index is 2.59. The SMILES string of the molecule is C1=C(C2=CC=C3c4ccc(-c5cccc(-c6cccs6)c5)cc4C4(CCCCC4)C3C2)CCC=C1c1cccs1. The van der Waals surface area contributed by atoms with Crippen molar-refractivity contribution in [3.8, 4) is 21.6 Å². The van der Waals surface area contributed by atoms with Crippen LogP contribution in [0.1, 0.15) is 67.4 Å². The third kappa shape index (κ3) is 4.07. The van der Waals surface area contributed by atoms with Gasteiger partial charge in [-0.2, -0.15) is 0 Å². The molecule has 1 saturated carbocycles. The summed E-state index contributed by atoms with van der Waals surface area (Å²) in [6, 6.07) is 25.4. The van der Waals surface area contributed by atoms with E-state index in [2.05, 4.69) is 102 Å². The lowest BCUT2D eigenvalue weighted by molar-refractivity contribution is 0.239. The Balaban J connectivity index is 1.18. The standard InChI is InChI=1S/C38H34S2/c1-2-18-38(19-3-1)34-24-28(26-8-4-10-30(22-26)36-12-6-20-39-36)14-16-32(34)33-17-15-29(25-35(33)38)27-9-5-11-31(23-27)37-13-7-21-40-37/h4,6-8,10-17,20-24,35H,1-3,5,9,18-19,25H2.